The van der Waals surface area contributed by atoms with E-state index in [-0.39, 0.29) is 11.6 Å². The van der Waals surface area contributed by atoms with E-state index in [2.05, 4.69) is 0 Å². The number of allylic oxidation sites excluding steroid dienone is 2. The van der Waals surface area contributed by atoms with Crippen molar-refractivity contribution in [1.82, 2.24) is 0 Å². The highest BCUT2D eigenvalue weighted by atomic mass is 16.5. The Morgan fingerprint density at radius 1 is 0.773 bits per heavy atom. The Morgan fingerprint density at radius 2 is 1.45 bits per heavy atom. The molecule has 0 atom stereocenters. The largest absolute Gasteiger partial charge is 0.493 e. The van der Waals surface area contributed by atoms with E-state index >= 15 is 0 Å². The second-order valence-corrected chi connectivity index (χ2v) is 4.79. The van der Waals surface area contributed by atoms with Gasteiger partial charge in [-0.25, -0.2) is 0 Å². The summed E-state index contributed by atoms with van der Waals surface area (Å²) in [6.45, 7) is 0. The molecule has 0 fully saturated rings. The molecule has 0 unspecified atom stereocenters. The third-order valence-corrected chi connectivity index (χ3v) is 3.72. The van der Waals surface area contributed by atoms with Crippen LogP contribution >= 0.6 is 0 Å². The number of methoxy groups -OCH3 is 3. The highest BCUT2D eigenvalue weighted by molar-refractivity contribution is 6.27. The smallest absolute Gasteiger partial charge is 0.203 e. The van der Waals surface area contributed by atoms with Gasteiger partial charge in [-0.3, -0.25) is 9.59 Å². The van der Waals surface area contributed by atoms with Gasteiger partial charge < -0.3 is 14.2 Å². The first-order chi connectivity index (χ1) is 10.6. The Hall–Kier alpha value is -2.82. The molecular formula is C17H14O5. The summed E-state index contributed by atoms with van der Waals surface area (Å²) < 4.78 is 16.1. The highest BCUT2D eigenvalue weighted by Crippen LogP contribution is 2.45. The fraction of sp³-hybridized carbons (Fsp3) is 0.176. The van der Waals surface area contributed by atoms with Crippen molar-refractivity contribution in [2.24, 2.45) is 0 Å². The quantitative estimate of drug-likeness (QED) is 0.872. The normalized spacial score (nSPS) is 13.2. The Morgan fingerprint density at radius 3 is 2.09 bits per heavy atom. The van der Waals surface area contributed by atoms with Gasteiger partial charge in [0.1, 0.15) is 0 Å². The molecule has 0 spiro atoms. The van der Waals surface area contributed by atoms with E-state index in [1.54, 1.807) is 18.2 Å². The molecule has 22 heavy (non-hydrogen) atoms. The van der Waals surface area contributed by atoms with Gasteiger partial charge in [0, 0.05) is 21.9 Å². The van der Waals surface area contributed by atoms with E-state index in [0.29, 0.717) is 39.1 Å². The molecule has 5 nitrogen and oxygen atoms in total. The van der Waals surface area contributed by atoms with Crippen molar-refractivity contribution in [2.75, 3.05) is 21.3 Å². The van der Waals surface area contributed by atoms with E-state index in [1.807, 2.05) is 0 Å². The van der Waals surface area contributed by atoms with Crippen LogP contribution in [0.2, 0.25) is 0 Å². The lowest BCUT2D eigenvalue weighted by atomic mass is 9.89. The number of ketones is 2. The topological polar surface area (TPSA) is 61.8 Å². The number of rotatable bonds is 3. The Kier molecular flexibility index (Phi) is 3.33. The summed E-state index contributed by atoms with van der Waals surface area (Å²) >= 11 is 0. The van der Waals surface area contributed by atoms with E-state index in [1.165, 1.54) is 33.5 Å². The zero-order valence-corrected chi connectivity index (χ0v) is 12.4. The summed E-state index contributed by atoms with van der Waals surface area (Å²) in [6, 6.07) is 5.08. The summed E-state index contributed by atoms with van der Waals surface area (Å²) in [7, 11) is 4.54. The summed E-state index contributed by atoms with van der Waals surface area (Å²) in [4.78, 5) is 24.2. The van der Waals surface area contributed by atoms with Crippen LogP contribution in [0.1, 0.15) is 20.7 Å². The van der Waals surface area contributed by atoms with Crippen LogP contribution in [0, 0.1) is 0 Å². The molecule has 0 aliphatic heterocycles. The van der Waals surface area contributed by atoms with Gasteiger partial charge in [-0.1, -0.05) is 0 Å². The molecule has 0 N–H and O–H groups in total. The number of carbonyl (C=O) groups is 2. The Bertz CT molecular complexity index is 833. The minimum atomic E-state index is -0.213. The van der Waals surface area contributed by atoms with Gasteiger partial charge in [0.05, 0.1) is 21.3 Å². The van der Waals surface area contributed by atoms with Gasteiger partial charge >= 0.3 is 0 Å². The second kappa shape index (κ2) is 5.18. The number of hydrogen-bond donors (Lipinski definition) is 0. The van der Waals surface area contributed by atoms with Crippen molar-refractivity contribution < 1.29 is 23.8 Å². The fourth-order valence-electron chi connectivity index (χ4n) is 2.74. The van der Waals surface area contributed by atoms with Crippen molar-refractivity contribution in [3.05, 3.63) is 41.5 Å². The van der Waals surface area contributed by atoms with Crippen LogP contribution in [0.3, 0.4) is 0 Å². The molecule has 2 aromatic rings. The standard InChI is InChI=1S/C17H14O5/c1-20-14-8-11-9(16(21-2)17(14)22-3)4-5-10-12(18)6-7-13(19)15(10)11/h4-8H,1-3H3. The van der Waals surface area contributed by atoms with Gasteiger partial charge in [-0.05, 0) is 30.4 Å². The zero-order valence-electron chi connectivity index (χ0n) is 12.4. The molecule has 5 heteroatoms. The first-order valence-electron chi connectivity index (χ1n) is 6.64. The van der Waals surface area contributed by atoms with Crippen LogP contribution < -0.4 is 14.2 Å². The number of fused-ring (bicyclic) bond motifs is 3. The van der Waals surface area contributed by atoms with Crippen LogP contribution in [0.5, 0.6) is 17.2 Å². The average molecular weight is 298 g/mol. The van der Waals surface area contributed by atoms with Gasteiger partial charge in [-0.15, -0.1) is 0 Å². The minimum Gasteiger partial charge on any atom is -0.493 e. The van der Waals surface area contributed by atoms with Crippen molar-refractivity contribution in [2.45, 2.75) is 0 Å². The van der Waals surface area contributed by atoms with E-state index in [4.69, 9.17) is 14.2 Å². The second-order valence-electron chi connectivity index (χ2n) is 4.79. The molecule has 2 aromatic carbocycles. The lowest BCUT2D eigenvalue weighted by Gasteiger charge is -2.18. The maximum Gasteiger partial charge on any atom is 0.203 e. The van der Waals surface area contributed by atoms with Crippen molar-refractivity contribution in [1.29, 1.82) is 0 Å². The molecule has 0 aromatic heterocycles. The zero-order chi connectivity index (χ0) is 15.9. The molecule has 0 radical (unpaired) electrons. The van der Waals surface area contributed by atoms with Gasteiger partial charge in [0.15, 0.2) is 23.1 Å². The van der Waals surface area contributed by atoms with E-state index < -0.39 is 0 Å². The third kappa shape index (κ3) is 1.86. The molecule has 0 amide bonds. The van der Waals surface area contributed by atoms with Crippen molar-refractivity contribution in [3.8, 4) is 17.2 Å². The van der Waals surface area contributed by atoms with Gasteiger partial charge in [0.2, 0.25) is 5.75 Å². The number of hydrogen-bond acceptors (Lipinski definition) is 5. The summed E-state index contributed by atoms with van der Waals surface area (Å²) in [5.74, 6) is 0.951. The van der Waals surface area contributed by atoms with Crippen LogP contribution in [-0.2, 0) is 0 Å². The first kappa shape index (κ1) is 14.1. The van der Waals surface area contributed by atoms with Crippen LogP contribution in [-0.4, -0.2) is 32.9 Å². The highest BCUT2D eigenvalue weighted by Gasteiger charge is 2.25. The molecule has 0 saturated carbocycles. The number of carbonyl (C=O) groups excluding carboxylic acids is 2. The van der Waals surface area contributed by atoms with Crippen LogP contribution in [0.25, 0.3) is 10.8 Å². The Balaban J connectivity index is 2.47. The van der Waals surface area contributed by atoms with Crippen molar-refractivity contribution >= 4 is 22.3 Å². The lowest BCUT2D eigenvalue weighted by Crippen LogP contribution is -2.12. The predicted molar refractivity (Wildman–Crippen MR) is 81.4 cm³/mol. The molecule has 3 rings (SSSR count). The van der Waals surface area contributed by atoms with Gasteiger partial charge in [0.25, 0.3) is 0 Å². The maximum absolute atomic E-state index is 12.2. The lowest BCUT2D eigenvalue weighted by molar-refractivity contribution is 0.0995. The summed E-state index contributed by atoms with van der Waals surface area (Å²) in [5, 5.41) is 1.30. The third-order valence-electron chi connectivity index (χ3n) is 3.72. The Labute approximate surface area is 127 Å². The molecule has 0 heterocycles. The van der Waals surface area contributed by atoms with Crippen molar-refractivity contribution in [3.63, 3.8) is 0 Å². The molecule has 1 aliphatic rings. The van der Waals surface area contributed by atoms with E-state index in [0.717, 1.165) is 0 Å². The van der Waals surface area contributed by atoms with Crippen LogP contribution in [0.15, 0.2) is 30.4 Å². The molecule has 1 aliphatic carbocycles. The van der Waals surface area contributed by atoms with Crippen LogP contribution in [0.4, 0.5) is 0 Å². The summed E-state index contributed by atoms with van der Waals surface area (Å²) in [5.41, 5.74) is 0.749. The SMILES string of the molecule is COc1cc2c3c(ccc2c(OC)c1OC)C(=O)C=CC3=O. The molecule has 112 valence electrons. The molecular weight excluding hydrogens is 284 g/mol. The minimum absolute atomic E-state index is 0.190. The number of benzene rings is 2. The average Bonchev–Trinajstić information content (AvgIpc) is 2.55. The van der Waals surface area contributed by atoms with E-state index in [9.17, 15) is 9.59 Å². The first-order valence-corrected chi connectivity index (χ1v) is 6.64. The monoisotopic (exact) mass is 298 g/mol. The molecule has 0 bridgehead atoms. The predicted octanol–water partition coefficient (Wildman–Crippen LogP) is 2.80. The van der Waals surface area contributed by atoms with Gasteiger partial charge in [-0.2, -0.15) is 0 Å². The summed E-state index contributed by atoms with van der Waals surface area (Å²) in [6.07, 6.45) is 2.57. The number of ether oxygens (including phenoxy) is 3. The molecule has 0 saturated heterocycles. The maximum atomic E-state index is 12.2. The fourth-order valence-corrected chi connectivity index (χ4v) is 2.74.